The smallest absolute Gasteiger partial charge is 0.407 e. The predicted octanol–water partition coefficient (Wildman–Crippen LogP) is 3.19. The Bertz CT molecular complexity index is 693. The van der Waals surface area contributed by atoms with Crippen LogP contribution in [0, 0.1) is 17.7 Å². The first-order chi connectivity index (χ1) is 11.2. The molecule has 1 amide bonds. The zero-order valence-electron chi connectivity index (χ0n) is 13.9. The number of carboxylic acid groups (broad SMARTS) is 1. The molecule has 1 aromatic rings. The molecule has 0 spiro atoms. The van der Waals surface area contributed by atoms with Crippen LogP contribution >= 0.6 is 0 Å². The minimum absolute atomic E-state index is 0.149. The molecule has 0 saturated heterocycles. The van der Waals surface area contributed by atoms with Crippen LogP contribution in [0.3, 0.4) is 0 Å². The number of alkyl carbamates (subject to hydrolysis) is 1. The number of carbonyl (C=O) groups is 2. The number of hydrogen-bond acceptors (Lipinski definition) is 3. The van der Waals surface area contributed by atoms with Crippen molar-refractivity contribution in [3.8, 4) is 11.8 Å². The third-order valence-corrected chi connectivity index (χ3v) is 2.55. The second-order valence-electron chi connectivity index (χ2n) is 5.89. The first-order valence-electron chi connectivity index (χ1n) is 7.33. The molecule has 6 heteroatoms. The molecule has 0 unspecified atom stereocenters. The van der Waals surface area contributed by atoms with E-state index in [0.717, 1.165) is 6.08 Å². The van der Waals surface area contributed by atoms with E-state index in [-0.39, 0.29) is 5.56 Å². The maximum absolute atomic E-state index is 13.5. The number of rotatable bonds is 4. The van der Waals surface area contributed by atoms with E-state index in [0.29, 0.717) is 18.5 Å². The van der Waals surface area contributed by atoms with Gasteiger partial charge in [0, 0.05) is 30.2 Å². The van der Waals surface area contributed by atoms with Gasteiger partial charge in [0.25, 0.3) is 0 Å². The molecule has 2 N–H and O–H groups in total. The van der Waals surface area contributed by atoms with Crippen LogP contribution in [0.5, 0.6) is 0 Å². The molecule has 0 saturated carbocycles. The summed E-state index contributed by atoms with van der Waals surface area (Å²) in [4.78, 5) is 21.9. The van der Waals surface area contributed by atoms with Gasteiger partial charge < -0.3 is 15.2 Å². The molecule has 0 bridgehead atoms. The van der Waals surface area contributed by atoms with E-state index in [1.807, 2.05) is 0 Å². The van der Waals surface area contributed by atoms with Crippen LogP contribution < -0.4 is 5.32 Å². The van der Waals surface area contributed by atoms with Gasteiger partial charge in [0.2, 0.25) is 0 Å². The molecule has 1 rings (SSSR count). The second kappa shape index (κ2) is 8.73. The second-order valence-corrected chi connectivity index (χ2v) is 5.89. The third kappa shape index (κ3) is 7.99. The molecule has 128 valence electrons. The molecule has 0 heterocycles. The first-order valence-corrected chi connectivity index (χ1v) is 7.33. The van der Waals surface area contributed by atoms with Gasteiger partial charge >= 0.3 is 12.1 Å². The van der Waals surface area contributed by atoms with Gasteiger partial charge in [0.1, 0.15) is 11.4 Å². The van der Waals surface area contributed by atoms with Gasteiger partial charge in [-0.2, -0.15) is 0 Å². The van der Waals surface area contributed by atoms with E-state index in [9.17, 15) is 14.0 Å². The SMILES string of the molecule is CC(C)(C)OC(=O)NCCC#Cc1ccc(F)c(/C=C/C(=O)O)c1. The van der Waals surface area contributed by atoms with Gasteiger partial charge in [-0.25, -0.2) is 14.0 Å². The van der Waals surface area contributed by atoms with Gasteiger partial charge in [0.15, 0.2) is 0 Å². The van der Waals surface area contributed by atoms with E-state index in [4.69, 9.17) is 9.84 Å². The van der Waals surface area contributed by atoms with Gasteiger partial charge in [0.05, 0.1) is 0 Å². The number of carboxylic acids is 1. The topological polar surface area (TPSA) is 75.6 Å². The number of ether oxygens (including phenoxy) is 1. The Kier molecular flexibility index (Phi) is 6.99. The number of amides is 1. The van der Waals surface area contributed by atoms with E-state index in [2.05, 4.69) is 17.2 Å². The van der Waals surface area contributed by atoms with Crippen molar-refractivity contribution < 1.29 is 23.8 Å². The zero-order chi connectivity index (χ0) is 18.2. The van der Waals surface area contributed by atoms with Crippen molar-refractivity contribution in [1.29, 1.82) is 0 Å². The monoisotopic (exact) mass is 333 g/mol. The lowest BCUT2D eigenvalue weighted by atomic mass is 10.1. The lowest BCUT2D eigenvalue weighted by Gasteiger charge is -2.19. The van der Waals surface area contributed by atoms with Crippen molar-refractivity contribution in [1.82, 2.24) is 5.32 Å². The van der Waals surface area contributed by atoms with Gasteiger partial charge in [-0.1, -0.05) is 11.8 Å². The van der Waals surface area contributed by atoms with Crippen LogP contribution in [0.2, 0.25) is 0 Å². The molecule has 0 fully saturated rings. The number of halogens is 1. The Balaban J connectivity index is 2.56. The van der Waals surface area contributed by atoms with E-state index < -0.39 is 23.5 Å². The molecule has 0 radical (unpaired) electrons. The molecule has 0 atom stereocenters. The van der Waals surface area contributed by atoms with Crippen molar-refractivity contribution in [3.05, 3.63) is 41.2 Å². The minimum atomic E-state index is -1.15. The lowest BCUT2D eigenvalue weighted by molar-refractivity contribution is -0.131. The first kappa shape index (κ1) is 19.2. The summed E-state index contributed by atoms with van der Waals surface area (Å²) >= 11 is 0. The van der Waals surface area contributed by atoms with Crippen molar-refractivity contribution >= 4 is 18.1 Å². The largest absolute Gasteiger partial charge is 0.478 e. The standard InChI is InChI=1S/C18H20FNO4/c1-18(2,3)24-17(23)20-11-5-4-6-13-7-9-15(19)14(12-13)8-10-16(21)22/h7-10,12H,5,11H2,1-3H3,(H,20,23)(H,21,22)/b10-8+. The highest BCUT2D eigenvalue weighted by Gasteiger charge is 2.15. The van der Waals surface area contributed by atoms with Crippen molar-refractivity contribution in [3.63, 3.8) is 0 Å². The normalized spacial score (nSPS) is 10.8. The molecule has 1 aromatic carbocycles. The summed E-state index contributed by atoms with van der Waals surface area (Å²) in [6, 6.07) is 4.19. The Labute approximate surface area is 140 Å². The highest BCUT2D eigenvalue weighted by molar-refractivity contribution is 5.85. The number of aliphatic carboxylic acids is 1. The average Bonchev–Trinajstić information content (AvgIpc) is 2.45. The highest BCUT2D eigenvalue weighted by atomic mass is 19.1. The zero-order valence-corrected chi connectivity index (χ0v) is 13.9. The molecule has 0 aliphatic carbocycles. The Morgan fingerprint density at radius 1 is 1.38 bits per heavy atom. The summed E-state index contributed by atoms with van der Waals surface area (Å²) in [6.45, 7) is 5.65. The van der Waals surface area contributed by atoms with Crippen molar-refractivity contribution in [2.75, 3.05) is 6.54 Å². The Hall–Kier alpha value is -2.81. The van der Waals surface area contributed by atoms with E-state index in [1.54, 1.807) is 20.8 Å². The maximum atomic E-state index is 13.5. The number of carbonyl (C=O) groups excluding carboxylic acids is 1. The summed E-state index contributed by atoms with van der Waals surface area (Å²) in [5.74, 6) is 4.00. The molecular formula is C18H20FNO4. The van der Waals surface area contributed by atoms with Gasteiger partial charge in [-0.05, 0) is 45.0 Å². The number of hydrogen-bond donors (Lipinski definition) is 2. The predicted molar refractivity (Wildman–Crippen MR) is 88.8 cm³/mol. The van der Waals surface area contributed by atoms with Crippen LogP contribution in [0.4, 0.5) is 9.18 Å². The fraction of sp³-hybridized carbons (Fsp3) is 0.333. The van der Waals surface area contributed by atoms with Crippen LogP contribution in [-0.2, 0) is 9.53 Å². The molecular weight excluding hydrogens is 313 g/mol. The Morgan fingerprint density at radius 3 is 2.71 bits per heavy atom. The maximum Gasteiger partial charge on any atom is 0.407 e. The fourth-order valence-electron chi connectivity index (χ4n) is 1.62. The summed E-state index contributed by atoms with van der Waals surface area (Å²) in [7, 11) is 0. The molecule has 24 heavy (non-hydrogen) atoms. The summed E-state index contributed by atoms with van der Waals surface area (Å²) in [5, 5.41) is 11.1. The fourth-order valence-corrected chi connectivity index (χ4v) is 1.62. The molecule has 5 nitrogen and oxygen atoms in total. The molecule has 0 aliphatic rings. The number of benzene rings is 1. The highest BCUT2D eigenvalue weighted by Crippen LogP contribution is 2.12. The number of nitrogens with one attached hydrogen (secondary N) is 1. The molecule has 0 aromatic heterocycles. The van der Waals surface area contributed by atoms with Crippen LogP contribution in [0.15, 0.2) is 24.3 Å². The molecule has 0 aliphatic heterocycles. The van der Waals surface area contributed by atoms with Crippen LogP contribution in [0.1, 0.15) is 38.3 Å². The van der Waals surface area contributed by atoms with Crippen LogP contribution in [-0.4, -0.2) is 29.3 Å². The van der Waals surface area contributed by atoms with E-state index >= 15 is 0 Å². The Morgan fingerprint density at radius 2 is 2.08 bits per heavy atom. The van der Waals surface area contributed by atoms with E-state index in [1.165, 1.54) is 24.3 Å². The average molecular weight is 333 g/mol. The third-order valence-electron chi connectivity index (χ3n) is 2.55. The summed E-state index contributed by atoms with van der Waals surface area (Å²) in [5.41, 5.74) is 0.152. The van der Waals surface area contributed by atoms with Gasteiger partial charge in [-0.15, -0.1) is 0 Å². The summed E-state index contributed by atoms with van der Waals surface area (Å²) < 4.78 is 18.6. The van der Waals surface area contributed by atoms with Gasteiger partial charge in [-0.3, -0.25) is 0 Å². The summed E-state index contributed by atoms with van der Waals surface area (Å²) in [6.07, 6.45) is 1.93. The van der Waals surface area contributed by atoms with Crippen molar-refractivity contribution in [2.24, 2.45) is 0 Å². The quantitative estimate of drug-likeness (QED) is 0.504. The van der Waals surface area contributed by atoms with Crippen LogP contribution in [0.25, 0.3) is 6.08 Å². The minimum Gasteiger partial charge on any atom is -0.478 e. The lowest BCUT2D eigenvalue weighted by Crippen LogP contribution is -2.32. The van der Waals surface area contributed by atoms with Crippen molar-refractivity contribution in [2.45, 2.75) is 32.8 Å².